The van der Waals surface area contributed by atoms with E-state index in [4.69, 9.17) is 4.74 Å². The molecule has 0 aromatic heterocycles. The highest BCUT2D eigenvalue weighted by atomic mass is 16.5. The maximum atomic E-state index is 13.0. The summed E-state index contributed by atoms with van der Waals surface area (Å²) in [6.45, 7) is 0. The SMILES string of the molecule is COC1CCC(NC(=O)C(Cc2ccc(O)cc2)c2ccccc2)CC1. The average molecular weight is 353 g/mol. The fourth-order valence-electron chi connectivity index (χ4n) is 3.66. The summed E-state index contributed by atoms with van der Waals surface area (Å²) < 4.78 is 5.42. The lowest BCUT2D eigenvalue weighted by molar-refractivity contribution is -0.123. The lowest BCUT2D eigenvalue weighted by Gasteiger charge is -2.29. The van der Waals surface area contributed by atoms with Gasteiger partial charge in [-0.3, -0.25) is 4.79 Å². The maximum Gasteiger partial charge on any atom is 0.228 e. The number of rotatable bonds is 6. The van der Waals surface area contributed by atoms with E-state index in [0.29, 0.717) is 12.5 Å². The summed E-state index contributed by atoms with van der Waals surface area (Å²) >= 11 is 0. The van der Waals surface area contributed by atoms with Gasteiger partial charge in [0.15, 0.2) is 0 Å². The first-order valence-corrected chi connectivity index (χ1v) is 9.31. The van der Waals surface area contributed by atoms with E-state index < -0.39 is 0 Å². The molecular formula is C22H27NO3. The van der Waals surface area contributed by atoms with Crippen molar-refractivity contribution in [1.29, 1.82) is 0 Å². The van der Waals surface area contributed by atoms with Gasteiger partial charge in [0.25, 0.3) is 0 Å². The molecule has 0 saturated heterocycles. The van der Waals surface area contributed by atoms with Gasteiger partial charge in [0.2, 0.25) is 5.91 Å². The minimum Gasteiger partial charge on any atom is -0.508 e. The Kier molecular flexibility index (Phi) is 6.29. The van der Waals surface area contributed by atoms with Crippen LogP contribution in [0, 0.1) is 0 Å². The second-order valence-electron chi connectivity index (χ2n) is 7.05. The second-order valence-corrected chi connectivity index (χ2v) is 7.05. The predicted molar refractivity (Wildman–Crippen MR) is 102 cm³/mol. The molecule has 2 N–H and O–H groups in total. The Morgan fingerprint density at radius 2 is 1.73 bits per heavy atom. The molecule has 138 valence electrons. The van der Waals surface area contributed by atoms with E-state index in [9.17, 15) is 9.90 Å². The van der Waals surface area contributed by atoms with Crippen molar-refractivity contribution in [3.8, 4) is 5.75 Å². The Balaban J connectivity index is 1.70. The molecule has 1 unspecified atom stereocenters. The van der Waals surface area contributed by atoms with E-state index in [2.05, 4.69) is 5.32 Å². The first-order valence-electron chi connectivity index (χ1n) is 9.31. The van der Waals surface area contributed by atoms with Crippen LogP contribution in [0.4, 0.5) is 0 Å². The zero-order valence-corrected chi connectivity index (χ0v) is 15.2. The molecule has 1 saturated carbocycles. The van der Waals surface area contributed by atoms with E-state index in [1.807, 2.05) is 42.5 Å². The first-order chi connectivity index (χ1) is 12.7. The van der Waals surface area contributed by atoms with Crippen molar-refractivity contribution >= 4 is 5.91 Å². The molecule has 3 rings (SSSR count). The normalized spacial score (nSPS) is 21.1. The molecule has 1 aliphatic carbocycles. The third-order valence-corrected chi connectivity index (χ3v) is 5.25. The number of amides is 1. The number of ether oxygens (including phenoxy) is 1. The number of benzene rings is 2. The molecule has 2 aromatic rings. The molecular weight excluding hydrogens is 326 g/mol. The van der Waals surface area contributed by atoms with E-state index >= 15 is 0 Å². The third-order valence-electron chi connectivity index (χ3n) is 5.25. The van der Waals surface area contributed by atoms with E-state index in [1.165, 1.54) is 0 Å². The average Bonchev–Trinajstić information content (AvgIpc) is 2.68. The van der Waals surface area contributed by atoms with Crippen LogP contribution in [-0.2, 0) is 16.0 Å². The van der Waals surface area contributed by atoms with Gasteiger partial charge in [-0.1, -0.05) is 42.5 Å². The fraction of sp³-hybridized carbons (Fsp3) is 0.409. The number of hydrogen-bond acceptors (Lipinski definition) is 3. The Labute approximate surface area is 155 Å². The monoisotopic (exact) mass is 353 g/mol. The molecule has 4 nitrogen and oxygen atoms in total. The van der Waals surface area contributed by atoms with Crippen LogP contribution < -0.4 is 5.32 Å². The summed E-state index contributed by atoms with van der Waals surface area (Å²) in [4.78, 5) is 13.0. The summed E-state index contributed by atoms with van der Waals surface area (Å²) in [5.74, 6) is 0.0791. The molecule has 0 heterocycles. The van der Waals surface area contributed by atoms with Crippen LogP contribution in [0.15, 0.2) is 54.6 Å². The molecule has 4 heteroatoms. The van der Waals surface area contributed by atoms with Crippen LogP contribution in [0.5, 0.6) is 5.75 Å². The number of carbonyl (C=O) groups is 1. The van der Waals surface area contributed by atoms with Crippen LogP contribution in [0.3, 0.4) is 0 Å². The molecule has 0 radical (unpaired) electrons. The van der Waals surface area contributed by atoms with Gasteiger partial charge < -0.3 is 15.2 Å². The zero-order valence-electron chi connectivity index (χ0n) is 15.2. The molecule has 1 atom stereocenters. The van der Waals surface area contributed by atoms with Gasteiger partial charge in [0, 0.05) is 13.2 Å². The zero-order chi connectivity index (χ0) is 18.4. The number of methoxy groups -OCH3 is 1. The van der Waals surface area contributed by atoms with Crippen LogP contribution in [0.1, 0.15) is 42.7 Å². The Morgan fingerprint density at radius 3 is 2.35 bits per heavy atom. The molecule has 1 aliphatic rings. The van der Waals surface area contributed by atoms with Crippen molar-refractivity contribution in [2.45, 2.75) is 50.2 Å². The van der Waals surface area contributed by atoms with Gasteiger partial charge in [-0.15, -0.1) is 0 Å². The van der Waals surface area contributed by atoms with Gasteiger partial charge in [-0.2, -0.15) is 0 Å². The summed E-state index contributed by atoms with van der Waals surface area (Å²) in [5, 5.41) is 12.7. The van der Waals surface area contributed by atoms with Crippen molar-refractivity contribution < 1.29 is 14.6 Å². The molecule has 0 bridgehead atoms. The van der Waals surface area contributed by atoms with Crippen LogP contribution in [0.2, 0.25) is 0 Å². The van der Waals surface area contributed by atoms with Crippen molar-refractivity contribution in [3.63, 3.8) is 0 Å². The van der Waals surface area contributed by atoms with Gasteiger partial charge in [-0.05, 0) is 55.4 Å². The third kappa shape index (κ3) is 4.85. The number of hydrogen-bond donors (Lipinski definition) is 2. The van der Waals surface area contributed by atoms with Gasteiger partial charge in [-0.25, -0.2) is 0 Å². The van der Waals surface area contributed by atoms with Crippen LogP contribution in [0.25, 0.3) is 0 Å². The number of phenols is 1. The van der Waals surface area contributed by atoms with E-state index in [1.54, 1.807) is 19.2 Å². The van der Waals surface area contributed by atoms with Gasteiger partial charge in [0.05, 0.1) is 12.0 Å². The fourth-order valence-corrected chi connectivity index (χ4v) is 3.66. The number of phenolic OH excluding ortho intramolecular Hbond substituents is 1. The molecule has 0 aliphatic heterocycles. The van der Waals surface area contributed by atoms with Crippen molar-refractivity contribution in [1.82, 2.24) is 5.32 Å². The molecule has 0 spiro atoms. The first kappa shape index (κ1) is 18.5. The van der Waals surface area contributed by atoms with E-state index in [-0.39, 0.29) is 23.6 Å². The van der Waals surface area contributed by atoms with Crippen molar-refractivity contribution in [2.24, 2.45) is 0 Å². The summed E-state index contributed by atoms with van der Waals surface area (Å²) in [5.41, 5.74) is 2.05. The Bertz CT molecular complexity index is 691. The Morgan fingerprint density at radius 1 is 1.08 bits per heavy atom. The number of nitrogens with one attached hydrogen (secondary N) is 1. The summed E-state index contributed by atoms with van der Waals surface area (Å²) in [7, 11) is 1.76. The highest BCUT2D eigenvalue weighted by Crippen LogP contribution is 2.25. The number of aromatic hydroxyl groups is 1. The lowest BCUT2D eigenvalue weighted by Crippen LogP contribution is -2.41. The summed E-state index contributed by atoms with van der Waals surface area (Å²) in [6.07, 6.45) is 4.86. The molecule has 26 heavy (non-hydrogen) atoms. The van der Waals surface area contributed by atoms with Crippen LogP contribution >= 0.6 is 0 Å². The minimum atomic E-state index is -0.235. The largest absolute Gasteiger partial charge is 0.508 e. The van der Waals surface area contributed by atoms with Gasteiger partial charge in [0.1, 0.15) is 5.75 Å². The standard InChI is InChI=1S/C22H27NO3/c1-26-20-13-9-18(10-14-20)23-22(25)21(17-5-3-2-4-6-17)15-16-7-11-19(24)12-8-16/h2-8,11-12,18,20-21,24H,9-10,13-15H2,1H3,(H,23,25). The maximum absolute atomic E-state index is 13.0. The van der Waals surface area contributed by atoms with E-state index in [0.717, 1.165) is 36.8 Å². The highest BCUT2D eigenvalue weighted by molar-refractivity contribution is 5.84. The number of carbonyl (C=O) groups excluding carboxylic acids is 1. The Hall–Kier alpha value is -2.33. The molecule has 1 fully saturated rings. The lowest BCUT2D eigenvalue weighted by atomic mass is 9.89. The molecule has 2 aromatic carbocycles. The van der Waals surface area contributed by atoms with Crippen molar-refractivity contribution in [3.05, 3.63) is 65.7 Å². The summed E-state index contributed by atoms with van der Waals surface area (Å²) in [6, 6.07) is 17.2. The predicted octanol–water partition coefficient (Wildman–Crippen LogP) is 3.79. The minimum absolute atomic E-state index is 0.0742. The molecule has 1 amide bonds. The van der Waals surface area contributed by atoms with Crippen molar-refractivity contribution in [2.75, 3.05) is 7.11 Å². The second kappa shape index (κ2) is 8.86. The smallest absolute Gasteiger partial charge is 0.228 e. The van der Waals surface area contributed by atoms with Gasteiger partial charge >= 0.3 is 0 Å². The highest BCUT2D eigenvalue weighted by Gasteiger charge is 2.26. The van der Waals surface area contributed by atoms with Crippen LogP contribution in [-0.4, -0.2) is 30.3 Å². The quantitative estimate of drug-likeness (QED) is 0.831. The topological polar surface area (TPSA) is 58.6 Å².